The zero-order valence-corrected chi connectivity index (χ0v) is 8.16. The van der Waals surface area contributed by atoms with Gasteiger partial charge in [-0.05, 0) is 19.3 Å². The van der Waals surface area contributed by atoms with Gasteiger partial charge in [0.15, 0.2) is 0 Å². The average molecular weight is 186 g/mol. The molecule has 0 spiro atoms. The van der Waals surface area contributed by atoms with Gasteiger partial charge in [0.1, 0.15) is 0 Å². The van der Waals surface area contributed by atoms with Crippen LogP contribution in [0.15, 0.2) is 0 Å². The van der Waals surface area contributed by atoms with Crippen LogP contribution in [0.1, 0.15) is 39.0 Å². The molecule has 1 rings (SSSR count). The second-order valence-electron chi connectivity index (χ2n) is 3.86. The van der Waals surface area contributed by atoms with E-state index >= 15 is 0 Å². The van der Waals surface area contributed by atoms with E-state index in [0.717, 1.165) is 18.9 Å². The first-order valence-electron chi connectivity index (χ1n) is 5.02. The molecule has 1 aliphatic rings. The van der Waals surface area contributed by atoms with Gasteiger partial charge in [0.25, 0.3) is 0 Å². The summed E-state index contributed by atoms with van der Waals surface area (Å²) >= 11 is 0. The van der Waals surface area contributed by atoms with E-state index in [4.69, 9.17) is 9.84 Å². The molecule has 0 radical (unpaired) electrons. The third kappa shape index (κ3) is 4.27. The lowest BCUT2D eigenvalue weighted by Crippen LogP contribution is -2.18. The van der Waals surface area contributed by atoms with Gasteiger partial charge in [-0.25, -0.2) is 0 Å². The molecule has 0 saturated heterocycles. The molecule has 0 aromatic carbocycles. The van der Waals surface area contributed by atoms with Crippen LogP contribution < -0.4 is 0 Å². The number of rotatable bonds is 6. The molecule has 0 bridgehead atoms. The highest BCUT2D eigenvalue weighted by Crippen LogP contribution is 2.29. The molecule has 0 aromatic rings. The summed E-state index contributed by atoms with van der Waals surface area (Å²) in [7, 11) is 0. The Hall–Kier alpha value is -0.570. The molecule has 76 valence electrons. The van der Waals surface area contributed by atoms with E-state index in [1.54, 1.807) is 0 Å². The number of aliphatic carboxylic acids is 1. The number of hydrogen-bond donors (Lipinski definition) is 1. The standard InChI is InChI=1S/C10H18O3/c1-8(7-10(11)12)13-6-5-9-3-2-4-9/h8-9H,2-7H2,1H3,(H,11,12)/t8-/m1/s1. The van der Waals surface area contributed by atoms with E-state index in [1.807, 2.05) is 6.92 Å². The largest absolute Gasteiger partial charge is 0.481 e. The second-order valence-corrected chi connectivity index (χ2v) is 3.86. The molecule has 0 amide bonds. The topological polar surface area (TPSA) is 46.5 Å². The number of carboxylic acid groups (broad SMARTS) is 1. The van der Waals surface area contributed by atoms with Crippen LogP contribution in [0.4, 0.5) is 0 Å². The Labute approximate surface area is 79.1 Å². The maximum absolute atomic E-state index is 10.3. The smallest absolute Gasteiger partial charge is 0.305 e. The Morgan fingerprint density at radius 1 is 1.62 bits per heavy atom. The third-order valence-corrected chi connectivity index (χ3v) is 2.62. The molecule has 1 saturated carbocycles. The molecule has 0 aromatic heterocycles. The minimum absolute atomic E-state index is 0.116. The van der Waals surface area contributed by atoms with Crippen LogP contribution in [0.2, 0.25) is 0 Å². The predicted octanol–water partition coefficient (Wildman–Crippen LogP) is 2.06. The van der Waals surface area contributed by atoms with E-state index in [0.29, 0.717) is 0 Å². The first-order chi connectivity index (χ1) is 6.18. The van der Waals surface area contributed by atoms with Crippen molar-refractivity contribution in [3.63, 3.8) is 0 Å². The number of carboxylic acids is 1. The molecule has 3 heteroatoms. The van der Waals surface area contributed by atoms with Crippen molar-refractivity contribution in [2.45, 2.75) is 45.1 Å². The Balaban J connectivity index is 1.94. The molecule has 13 heavy (non-hydrogen) atoms. The van der Waals surface area contributed by atoms with Crippen LogP contribution in [0.25, 0.3) is 0 Å². The van der Waals surface area contributed by atoms with E-state index in [1.165, 1.54) is 19.3 Å². The van der Waals surface area contributed by atoms with Gasteiger partial charge >= 0.3 is 5.97 Å². The van der Waals surface area contributed by atoms with Crippen LogP contribution >= 0.6 is 0 Å². The van der Waals surface area contributed by atoms with Gasteiger partial charge in [-0.3, -0.25) is 4.79 Å². The predicted molar refractivity (Wildman–Crippen MR) is 49.6 cm³/mol. The fourth-order valence-electron chi connectivity index (χ4n) is 1.52. The summed E-state index contributed by atoms with van der Waals surface area (Å²) in [4.78, 5) is 10.3. The quantitative estimate of drug-likeness (QED) is 0.690. The first kappa shape index (κ1) is 10.5. The van der Waals surface area contributed by atoms with Gasteiger partial charge < -0.3 is 9.84 Å². The molecule has 1 aliphatic carbocycles. The Bertz CT molecular complexity index is 164. The normalized spacial score (nSPS) is 19.5. The van der Waals surface area contributed by atoms with Crippen LogP contribution in [0.3, 0.4) is 0 Å². The summed E-state index contributed by atoms with van der Waals surface area (Å²) in [5, 5.41) is 8.47. The SMILES string of the molecule is C[C@H](CC(=O)O)OCCC1CCC1. The van der Waals surface area contributed by atoms with Crippen LogP contribution in [0, 0.1) is 5.92 Å². The zero-order valence-electron chi connectivity index (χ0n) is 8.16. The lowest BCUT2D eigenvalue weighted by atomic mass is 9.83. The molecule has 1 atom stereocenters. The highest BCUT2D eigenvalue weighted by atomic mass is 16.5. The van der Waals surface area contributed by atoms with Gasteiger partial charge in [0.05, 0.1) is 12.5 Å². The van der Waals surface area contributed by atoms with Crippen molar-refractivity contribution in [1.82, 2.24) is 0 Å². The average Bonchev–Trinajstić information content (AvgIpc) is 1.92. The molecule has 0 aliphatic heterocycles. The molecule has 0 unspecified atom stereocenters. The summed E-state index contributed by atoms with van der Waals surface area (Å²) < 4.78 is 5.38. The molecule has 3 nitrogen and oxygen atoms in total. The highest BCUT2D eigenvalue weighted by molar-refractivity contribution is 5.67. The maximum atomic E-state index is 10.3. The lowest BCUT2D eigenvalue weighted by Gasteiger charge is -2.25. The second kappa shape index (κ2) is 5.22. The Morgan fingerprint density at radius 3 is 2.77 bits per heavy atom. The van der Waals surface area contributed by atoms with E-state index in [2.05, 4.69) is 0 Å². The first-order valence-corrected chi connectivity index (χ1v) is 5.02. The van der Waals surface area contributed by atoms with Gasteiger partial charge in [-0.1, -0.05) is 19.3 Å². The van der Waals surface area contributed by atoms with Crippen molar-refractivity contribution in [3.05, 3.63) is 0 Å². The third-order valence-electron chi connectivity index (χ3n) is 2.62. The molecular weight excluding hydrogens is 168 g/mol. The summed E-state index contributed by atoms with van der Waals surface area (Å²) in [6.07, 6.45) is 5.09. The lowest BCUT2D eigenvalue weighted by molar-refractivity contribution is -0.139. The monoisotopic (exact) mass is 186 g/mol. The fourth-order valence-corrected chi connectivity index (χ4v) is 1.52. The summed E-state index contributed by atoms with van der Waals surface area (Å²) in [6.45, 7) is 2.54. The Morgan fingerprint density at radius 2 is 2.31 bits per heavy atom. The van der Waals surface area contributed by atoms with Gasteiger partial charge in [-0.2, -0.15) is 0 Å². The summed E-state index contributed by atoms with van der Waals surface area (Å²) in [5.41, 5.74) is 0. The van der Waals surface area contributed by atoms with Crippen molar-refractivity contribution in [3.8, 4) is 0 Å². The zero-order chi connectivity index (χ0) is 9.68. The minimum Gasteiger partial charge on any atom is -0.481 e. The van der Waals surface area contributed by atoms with Gasteiger partial charge in [0, 0.05) is 6.61 Å². The molecule has 1 N–H and O–H groups in total. The van der Waals surface area contributed by atoms with E-state index in [9.17, 15) is 4.79 Å². The van der Waals surface area contributed by atoms with Gasteiger partial charge in [-0.15, -0.1) is 0 Å². The number of ether oxygens (including phenoxy) is 1. The van der Waals surface area contributed by atoms with Crippen molar-refractivity contribution >= 4 is 5.97 Å². The minimum atomic E-state index is -0.781. The maximum Gasteiger partial charge on any atom is 0.305 e. The molecule has 1 fully saturated rings. The van der Waals surface area contributed by atoms with Gasteiger partial charge in [0.2, 0.25) is 0 Å². The molecule has 0 heterocycles. The Kier molecular flexibility index (Phi) is 4.22. The van der Waals surface area contributed by atoms with Crippen molar-refractivity contribution in [2.75, 3.05) is 6.61 Å². The highest BCUT2D eigenvalue weighted by Gasteiger charge is 2.17. The van der Waals surface area contributed by atoms with Crippen molar-refractivity contribution in [2.24, 2.45) is 5.92 Å². The fraction of sp³-hybridized carbons (Fsp3) is 0.900. The van der Waals surface area contributed by atoms with Crippen LogP contribution in [-0.4, -0.2) is 23.8 Å². The summed E-state index contributed by atoms with van der Waals surface area (Å²) in [6, 6.07) is 0. The number of carbonyl (C=O) groups is 1. The number of hydrogen-bond acceptors (Lipinski definition) is 2. The van der Waals surface area contributed by atoms with Crippen LogP contribution in [-0.2, 0) is 9.53 Å². The van der Waals surface area contributed by atoms with Crippen molar-refractivity contribution < 1.29 is 14.6 Å². The summed E-state index contributed by atoms with van der Waals surface area (Å²) in [5.74, 6) is 0.0631. The van der Waals surface area contributed by atoms with E-state index in [-0.39, 0.29) is 12.5 Å². The van der Waals surface area contributed by atoms with Crippen molar-refractivity contribution in [1.29, 1.82) is 0 Å². The van der Waals surface area contributed by atoms with E-state index < -0.39 is 5.97 Å². The molecular formula is C10H18O3. The van der Waals surface area contributed by atoms with Crippen LogP contribution in [0.5, 0.6) is 0 Å².